The van der Waals surface area contributed by atoms with E-state index in [0.717, 1.165) is 51.5 Å². The molecule has 28 heavy (non-hydrogen) atoms. The fourth-order valence-corrected chi connectivity index (χ4v) is 5.12. The van der Waals surface area contributed by atoms with Gasteiger partial charge in [-0.15, -0.1) is 11.3 Å². The minimum absolute atomic E-state index is 0.671. The molecule has 0 spiro atoms. The van der Waals surface area contributed by atoms with Crippen LogP contribution in [0.25, 0.3) is 0 Å². The zero-order chi connectivity index (χ0) is 19.3. The maximum Gasteiger partial charge on any atom is 0.193 e. The van der Waals surface area contributed by atoms with Crippen LogP contribution in [0.3, 0.4) is 0 Å². The summed E-state index contributed by atoms with van der Waals surface area (Å²) in [5, 5.41) is 11.2. The van der Waals surface area contributed by atoms with Gasteiger partial charge in [0.25, 0.3) is 0 Å². The van der Waals surface area contributed by atoms with Crippen molar-refractivity contribution in [2.45, 2.75) is 32.1 Å². The number of aryl methyl sites for hydroxylation is 1. The highest BCUT2D eigenvalue weighted by Gasteiger charge is 2.25. The smallest absolute Gasteiger partial charge is 0.193 e. The summed E-state index contributed by atoms with van der Waals surface area (Å²) in [6.07, 6.45) is 9.95. The molecule has 2 aliphatic rings. The predicted octanol–water partition coefficient (Wildman–Crippen LogP) is 2.16. The minimum atomic E-state index is 0.671. The van der Waals surface area contributed by atoms with Crippen molar-refractivity contribution < 1.29 is 0 Å². The van der Waals surface area contributed by atoms with Crippen molar-refractivity contribution in [2.75, 3.05) is 44.7 Å². The molecule has 1 atom stereocenters. The van der Waals surface area contributed by atoms with E-state index in [-0.39, 0.29) is 0 Å². The first kappa shape index (κ1) is 19.2. The van der Waals surface area contributed by atoms with Crippen LogP contribution < -0.4 is 10.2 Å². The van der Waals surface area contributed by atoms with E-state index in [4.69, 9.17) is 4.98 Å². The highest BCUT2D eigenvalue weighted by molar-refractivity contribution is 7.13. The highest BCUT2D eigenvalue weighted by Crippen LogP contribution is 2.24. The van der Waals surface area contributed by atoms with Crippen molar-refractivity contribution >= 4 is 22.4 Å². The first-order valence-electron chi connectivity index (χ1n) is 10.3. The molecule has 0 radical (unpaired) electrons. The Kier molecular flexibility index (Phi) is 6.14. The summed E-state index contributed by atoms with van der Waals surface area (Å²) < 4.78 is 1.89. The van der Waals surface area contributed by atoms with Gasteiger partial charge >= 0.3 is 0 Å². The second-order valence-electron chi connectivity index (χ2n) is 7.87. The van der Waals surface area contributed by atoms with Crippen LogP contribution in [0.15, 0.2) is 22.8 Å². The van der Waals surface area contributed by atoms with Crippen molar-refractivity contribution in [3.63, 3.8) is 0 Å². The molecule has 2 fully saturated rings. The third-order valence-corrected chi connectivity index (χ3v) is 6.61. The van der Waals surface area contributed by atoms with Crippen molar-refractivity contribution in [3.05, 3.63) is 29.0 Å². The molecule has 0 bridgehead atoms. The van der Waals surface area contributed by atoms with Crippen LogP contribution in [0.5, 0.6) is 0 Å². The quantitative estimate of drug-likeness (QED) is 0.594. The van der Waals surface area contributed by atoms with Crippen molar-refractivity contribution in [1.29, 1.82) is 0 Å². The van der Waals surface area contributed by atoms with Crippen LogP contribution in [0.4, 0.5) is 5.13 Å². The van der Waals surface area contributed by atoms with Crippen LogP contribution in [-0.2, 0) is 19.9 Å². The number of nitrogens with one attached hydrogen (secondary N) is 1. The average molecular weight is 402 g/mol. The van der Waals surface area contributed by atoms with Gasteiger partial charge in [-0.2, -0.15) is 5.10 Å². The second-order valence-corrected chi connectivity index (χ2v) is 8.70. The van der Waals surface area contributed by atoms with Crippen LogP contribution >= 0.6 is 11.3 Å². The van der Waals surface area contributed by atoms with Gasteiger partial charge in [-0.3, -0.25) is 9.67 Å². The normalized spacial score (nSPS) is 20.4. The predicted molar refractivity (Wildman–Crippen MR) is 115 cm³/mol. The molecular weight excluding hydrogens is 370 g/mol. The Bertz CT molecular complexity index is 790. The van der Waals surface area contributed by atoms with Gasteiger partial charge in [0.05, 0.1) is 11.9 Å². The molecule has 2 saturated heterocycles. The third kappa shape index (κ3) is 4.66. The van der Waals surface area contributed by atoms with E-state index in [1.165, 1.54) is 35.7 Å². The molecule has 4 heterocycles. The fraction of sp³-hybridized carbons (Fsp3) is 0.650. The number of thiazole rings is 1. The first-order valence-corrected chi connectivity index (χ1v) is 11.2. The Morgan fingerprint density at radius 1 is 1.32 bits per heavy atom. The Morgan fingerprint density at radius 3 is 2.93 bits per heavy atom. The number of rotatable bonds is 6. The van der Waals surface area contributed by atoms with Crippen molar-refractivity contribution in [2.24, 2.45) is 18.0 Å². The maximum atomic E-state index is 4.82. The van der Waals surface area contributed by atoms with Gasteiger partial charge in [0.1, 0.15) is 0 Å². The van der Waals surface area contributed by atoms with Gasteiger partial charge in [0.2, 0.25) is 0 Å². The van der Waals surface area contributed by atoms with Crippen molar-refractivity contribution in [3.8, 4) is 0 Å². The first-order chi connectivity index (χ1) is 13.7. The van der Waals surface area contributed by atoms with Crippen LogP contribution in [0.2, 0.25) is 0 Å². The molecule has 2 aromatic rings. The van der Waals surface area contributed by atoms with Gasteiger partial charge in [-0.05, 0) is 37.2 Å². The van der Waals surface area contributed by atoms with E-state index in [0.29, 0.717) is 5.92 Å². The molecule has 0 amide bonds. The molecule has 0 aromatic carbocycles. The number of anilines is 1. The molecule has 4 rings (SSSR count). The summed E-state index contributed by atoms with van der Waals surface area (Å²) in [5.74, 6) is 1.69. The van der Waals surface area contributed by atoms with E-state index in [2.05, 4.69) is 36.8 Å². The largest absolute Gasteiger partial charge is 0.356 e. The molecule has 7 nitrogen and oxygen atoms in total. The lowest BCUT2D eigenvalue weighted by atomic mass is 10.0. The van der Waals surface area contributed by atoms with E-state index in [9.17, 15) is 0 Å². The molecule has 0 saturated carbocycles. The Morgan fingerprint density at radius 2 is 2.18 bits per heavy atom. The van der Waals surface area contributed by atoms with Gasteiger partial charge in [0, 0.05) is 64.8 Å². The molecule has 2 aliphatic heterocycles. The molecule has 8 heteroatoms. The topological polar surface area (TPSA) is 61.6 Å². The minimum Gasteiger partial charge on any atom is -0.356 e. The van der Waals surface area contributed by atoms with Crippen molar-refractivity contribution in [1.82, 2.24) is 25.0 Å². The van der Waals surface area contributed by atoms with Crippen LogP contribution in [0.1, 0.15) is 30.5 Å². The van der Waals surface area contributed by atoms with E-state index in [1.54, 1.807) is 11.3 Å². The number of guanidine groups is 1. The number of nitrogens with zero attached hydrogens (tertiary/aromatic N) is 6. The summed E-state index contributed by atoms with van der Waals surface area (Å²) in [5.41, 5.74) is 2.51. The van der Waals surface area contributed by atoms with E-state index >= 15 is 0 Å². The molecule has 1 N–H and O–H groups in total. The number of likely N-dealkylation sites (tertiary alicyclic amines) is 1. The summed E-state index contributed by atoms with van der Waals surface area (Å²) in [6.45, 7) is 5.32. The molecular formula is C20H31N7S. The van der Waals surface area contributed by atoms with Gasteiger partial charge in [0.15, 0.2) is 11.1 Å². The number of aromatic nitrogens is 3. The zero-order valence-corrected chi connectivity index (χ0v) is 17.8. The number of hydrogen-bond acceptors (Lipinski definition) is 5. The zero-order valence-electron chi connectivity index (χ0n) is 17.0. The van der Waals surface area contributed by atoms with Crippen LogP contribution in [-0.4, -0.2) is 65.4 Å². The lowest BCUT2D eigenvalue weighted by molar-refractivity contribution is 0.460. The Hall–Kier alpha value is -2.09. The van der Waals surface area contributed by atoms with E-state index in [1.807, 2.05) is 25.0 Å². The summed E-state index contributed by atoms with van der Waals surface area (Å²) in [7, 11) is 3.86. The second kappa shape index (κ2) is 8.94. The van der Waals surface area contributed by atoms with Gasteiger partial charge < -0.3 is 15.1 Å². The molecule has 2 aromatic heterocycles. The number of aliphatic imine (C=N–C) groups is 1. The lowest BCUT2D eigenvalue weighted by Gasteiger charge is -2.21. The molecule has 152 valence electrons. The van der Waals surface area contributed by atoms with Crippen LogP contribution in [0, 0.1) is 5.92 Å². The van der Waals surface area contributed by atoms with Gasteiger partial charge in [-0.1, -0.05) is 0 Å². The standard InChI is InChI=1S/C20H31N7S/c1-21-19(27-10-6-16(14-27)11-17-12-23-25(2)13-17)22-7-5-18-15-28-20(24-18)26-8-3-4-9-26/h12-13,15-16H,3-11,14H2,1-2H3,(H,21,22). The maximum absolute atomic E-state index is 4.82. The lowest BCUT2D eigenvalue weighted by Crippen LogP contribution is -2.41. The number of hydrogen-bond donors (Lipinski definition) is 1. The SMILES string of the molecule is CN=C(NCCc1csc(N2CCCC2)n1)N1CCC(Cc2cnn(C)c2)C1. The van der Waals surface area contributed by atoms with E-state index < -0.39 is 0 Å². The monoisotopic (exact) mass is 401 g/mol. The van der Waals surface area contributed by atoms with Gasteiger partial charge in [-0.25, -0.2) is 4.98 Å². The summed E-state index contributed by atoms with van der Waals surface area (Å²) >= 11 is 1.78. The summed E-state index contributed by atoms with van der Waals surface area (Å²) in [6, 6.07) is 0. The Labute approximate surface area is 171 Å². The third-order valence-electron chi connectivity index (χ3n) is 5.66. The average Bonchev–Trinajstić information content (AvgIpc) is 3.47. The molecule has 0 aliphatic carbocycles. The molecule has 1 unspecified atom stereocenters. The summed E-state index contributed by atoms with van der Waals surface area (Å²) in [4.78, 5) is 14.1. The highest BCUT2D eigenvalue weighted by atomic mass is 32.1. The Balaban J connectivity index is 1.22. The fourth-order valence-electron chi connectivity index (χ4n) is 4.20.